The van der Waals surface area contributed by atoms with Crippen molar-refractivity contribution >= 4 is 33.0 Å². The van der Waals surface area contributed by atoms with Crippen LogP contribution in [0.4, 0.5) is 5.69 Å². The first-order chi connectivity index (χ1) is 11.0. The second kappa shape index (κ2) is 6.43. The van der Waals surface area contributed by atoms with Crippen LogP contribution in [0.2, 0.25) is 0 Å². The van der Waals surface area contributed by atoms with Gasteiger partial charge in [0.2, 0.25) is 0 Å². The molecule has 3 rings (SSSR count). The van der Waals surface area contributed by atoms with E-state index >= 15 is 0 Å². The normalized spacial score (nSPS) is 10.7. The maximum Gasteiger partial charge on any atom is 0.285 e. The van der Waals surface area contributed by atoms with Crippen molar-refractivity contribution in [3.63, 3.8) is 0 Å². The van der Waals surface area contributed by atoms with E-state index < -0.39 is 4.92 Å². The first kappa shape index (κ1) is 15.6. The zero-order chi connectivity index (χ0) is 16.4. The summed E-state index contributed by atoms with van der Waals surface area (Å²) in [6.45, 7) is 0.199. The van der Waals surface area contributed by atoms with Crippen molar-refractivity contribution in [1.82, 2.24) is 9.55 Å². The first-order valence-corrected chi connectivity index (χ1v) is 8.25. The highest BCUT2D eigenvalue weighted by molar-refractivity contribution is 9.10. The van der Waals surface area contributed by atoms with E-state index in [1.165, 1.54) is 34.2 Å². The Morgan fingerprint density at radius 1 is 1.30 bits per heavy atom. The number of pyridine rings is 1. The third-order valence-electron chi connectivity index (χ3n) is 3.13. The van der Waals surface area contributed by atoms with E-state index in [1.807, 2.05) is 29.6 Å². The summed E-state index contributed by atoms with van der Waals surface area (Å²) in [4.78, 5) is 26.6. The molecule has 0 unspecified atom stereocenters. The quantitative estimate of drug-likeness (QED) is 0.501. The summed E-state index contributed by atoms with van der Waals surface area (Å²) in [6, 6.07) is 10.2. The van der Waals surface area contributed by atoms with Gasteiger partial charge in [0.15, 0.2) is 0 Å². The van der Waals surface area contributed by atoms with Crippen LogP contribution in [-0.2, 0) is 6.54 Å². The molecule has 0 atom stereocenters. The summed E-state index contributed by atoms with van der Waals surface area (Å²) in [6.07, 6.45) is 1.24. The van der Waals surface area contributed by atoms with E-state index in [9.17, 15) is 14.9 Å². The van der Waals surface area contributed by atoms with Crippen molar-refractivity contribution in [2.24, 2.45) is 0 Å². The smallest absolute Gasteiger partial charge is 0.285 e. The largest absolute Gasteiger partial charge is 0.303 e. The molecule has 2 heterocycles. The Bertz CT molecular complexity index is 935. The molecular weight excluding hydrogens is 382 g/mol. The van der Waals surface area contributed by atoms with Gasteiger partial charge < -0.3 is 4.57 Å². The molecule has 0 aliphatic rings. The monoisotopic (exact) mass is 391 g/mol. The van der Waals surface area contributed by atoms with E-state index in [0.717, 1.165) is 15.0 Å². The molecule has 6 nitrogen and oxygen atoms in total. The number of thiazole rings is 1. The van der Waals surface area contributed by atoms with Crippen LogP contribution in [-0.4, -0.2) is 14.5 Å². The predicted octanol–water partition coefficient (Wildman–Crippen LogP) is 3.69. The fraction of sp³-hybridized carbons (Fsp3) is 0.0667. The van der Waals surface area contributed by atoms with Crippen LogP contribution in [0.3, 0.4) is 0 Å². The second-order valence-corrected chi connectivity index (χ2v) is 6.54. The van der Waals surface area contributed by atoms with E-state index in [2.05, 4.69) is 20.9 Å². The third-order valence-corrected chi connectivity index (χ3v) is 4.57. The Morgan fingerprint density at radius 2 is 2.13 bits per heavy atom. The summed E-state index contributed by atoms with van der Waals surface area (Å²) in [7, 11) is 0. The third kappa shape index (κ3) is 3.54. The number of halogens is 1. The number of nitrogens with zero attached hydrogens (tertiary/aromatic N) is 3. The standard InChI is InChI=1S/C15H10BrN3O3S/c16-11-3-1-2-10(6-11)15-17-12(9-23-15)7-18-8-13(19(21)22)4-5-14(18)20/h1-6,8-9H,7H2. The molecule has 0 bridgehead atoms. The van der Waals surface area contributed by atoms with E-state index in [1.54, 1.807) is 0 Å². The molecule has 0 spiro atoms. The molecule has 2 aromatic heterocycles. The summed E-state index contributed by atoms with van der Waals surface area (Å²) < 4.78 is 2.25. The minimum Gasteiger partial charge on any atom is -0.303 e. The zero-order valence-corrected chi connectivity index (χ0v) is 14.1. The van der Waals surface area contributed by atoms with Gasteiger partial charge in [0.05, 0.1) is 23.4 Å². The van der Waals surface area contributed by atoms with Crippen LogP contribution in [0, 0.1) is 10.1 Å². The van der Waals surface area contributed by atoms with Crippen molar-refractivity contribution in [2.75, 3.05) is 0 Å². The lowest BCUT2D eigenvalue weighted by molar-refractivity contribution is -0.385. The van der Waals surface area contributed by atoms with Crippen LogP contribution in [0.15, 0.2) is 57.2 Å². The highest BCUT2D eigenvalue weighted by Gasteiger charge is 2.10. The number of hydrogen-bond donors (Lipinski definition) is 0. The van der Waals surface area contributed by atoms with Crippen LogP contribution in [0.5, 0.6) is 0 Å². The van der Waals surface area contributed by atoms with Gasteiger partial charge in [-0.05, 0) is 12.1 Å². The van der Waals surface area contributed by atoms with Gasteiger partial charge in [-0.1, -0.05) is 28.1 Å². The molecule has 0 fully saturated rings. The maximum absolute atomic E-state index is 11.8. The molecule has 0 aliphatic heterocycles. The van der Waals surface area contributed by atoms with Crippen LogP contribution >= 0.6 is 27.3 Å². The fourth-order valence-corrected chi connectivity index (χ4v) is 3.27. The lowest BCUT2D eigenvalue weighted by atomic mass is 10.2. The SMILES string of the molecule is O=c1ccc([N+](=O)[O-])cn1Cc1csc(-c2cccc(Br)c2)n1. The predicted molar refractivity (Wildman–Crippen MR) is 91.7 cm³/mol. The first-order valence-electron chi connectivity index (χ1n) is 6.58. The number of benzene rings is 1. The Hall–Kier alpha value is -2.32. The van der Waals surface area contributed by atoms with Crippen LogP contribution in [0.25, 0.3) is 10.6 Å². The lowest BCUT2D eigenvalue weighted by Crippen LogP contribution is -2.19. The highest BCUT2D eigenvalue weighted by Crippen LogP contribution is 2.26. The van der Waals surface area contributed by atoms with Gasteiger partial charge in [0.25, 0.3) is 11.2 Å². The summed E-state index contributed by atoms with van der Waals surface area (Å²) >= 11 is 4.88. The van der Waals surface area contributed by atoms with E-state index in [0.29, 0.717) is 5.69 Å². The molecule has 0 saturated carbocycles. The molecule has 23 heavy (non-hydrogen) atoms. The lowest BCUT2D eigenvalue weighted by Gasteiger charge is -2.02. The molecule has 116 valence electrons. The van der Waals surface area contributed by atoms with E-state index in [4.69, 9.17) is 0 Å². The summed E-state index contributed by atoms with van der Waals surface area (Å²) in [5.41, 5.74) is 1.24. The summed E-state index contributed by atoms with van der Waals surface area (Å²) in [5.74, 6) is 0. The second-order valence-electron chi connectivity index (χ2n) is 4.76. The molecule has 0 N–H and O–H groups in total. The van der Waals surface area contributed by atoms with Crippen molar-refractivity contribution in [3.8, 4) is 10.6 Å². The highest BCUT2D eigenvalue weighted by atomic mass is 79.9. The molecule has 0 aliphatic carbocycles. The zero-order valence-electron chi connectivity index (χ0n) is 11.7. The van der Waals surface area contributed by atoms with Crippen molar-refractivity contribution in [1.29, 1.82) is 0 Å². The Kier molecular flexibility index (Phi) is 4.35. The van der Waals surface area contributed by atoms with Gasteiger partial charge in [0.1, 0.15) is 5.01 Å². The minimum atomic E-state index is -0.524. The Morgan fingerprint density at radius 3 is 2.87 bits per heavy atom. The average molecular weight is 392 g/mol. The van der Waals surface area contributed by atoms with Crippen LogP contribution in [0.1, 0.15) is 5.69 Å². The topological polar surface area (TPSA) is 78.0 Å². The van der Waals surface area contributed by atoms with Gasteiger partial charge in [-0.2, -0.15) is 0 Å². The van der Waals surface area contributed by atoms with Gasteiger partial charge >= 0.3 is 0 Å². The van der Waals surface area contributed by atoms with Crippen molar-refractivity contribution in [3.05, 3.63) is 78.6 Å². The molecule has 0 radical (unpaired) electrons. The van der Waals surface area contributed by atoms with Gasteiger partial charge in [0, 0.05) is 27.5 Å². The number of hydrogen-bond acceptors (Lipinski definition) is 5. The van der Waals surface area contributed by atoms with Crippen molar-refractivity contribution in [2.45, 2.75) is 6.54 Å². The molecule has 8 heteroatoms. The van der Waals surface area contributed by atoms with Gasteiger partial charge in [-0.3, -0.25) is 14.9 Å². The number of nitro groups is 1. The fourth-order valence-electron chi connectivity index (χ4n) is 2.06. The number of aromatic nitrogens is 2. The molecule has 0 amide bonds. The summed E-state index contributed by atoms with van der Waals surface area (Å²) in [5, 5.41) is 13.5. The molecule has 3 aromatic rings. The minimum absolute atomic E-state index is 0.118. The van der Waals surface area contributed by atoms with Gasteiger partial charge in [-0.25, -0.2) is 4.98 Å². The Balaban J connectivity index is 1.89. The van der Waals surface area contributed by atoms with Gasteiger partial charge in [-0.15, -0.1) is 11.3 Å². The van der Waals surface area contributed by atoms with Crippen molar-refractivity contribution < 1.29 is 4.92 Å². The maximum atomic E-state index is 11.8. The molecular formula is C15H10BrN3O3S. The number of rotatable bonds is 4. The van der Waals surface area contributed by atoms with Crippen LogP contribution < -0.4 is 5.56 Å². The Labute approximate surface area is 143 Å². The molecule has 0 saturated heterocycles. The van der Waals surface area contributed by atoms with E-state index in [-0.39, 0.29) is 17.8 Å². The average Bonchev–Trinajstić information content (AvgIpc) is 2.98. The molecule has 1 aromatic carbocycles.